The molecule has 0 bridgehead atoms. The van der Waals surface area contributed by atoms with Crippen LogP contribution < -0.4 is 10.3 Å². The molecule has 2 aliphatic rings. The lowest BCUT2D eigenvalue weighted by Gasteiger charge is -2.41. The van der Waals surface area contributed by atoms with Crippen molar-refractivity contribution in [1.82, 2.24) is 14.9 Å². The highest BCUT2D eigenvalue weighted by molar-refractivity contribution is 5.80. The molecule has 31 heavy (non-hydrogen) atoms. The summed E-state index contributed by atoms with van der Waals surface area (Å²) in [6, 6.07) is 11.0. The smallest absolute Gasteiger partial charge is 0.341 e. The van der Waals surface area contributed by atoms with E-state index in [1.807, 2.05) is 12.1 Å². The van der Waals surface area contributed by atoms with E-state index in [2.05, 4.69) is 10.1 Å². The highest BCUT2D eigenvalue weighted by Crippen LogP contribution is 2.31. The summed E-state index contributed by atoms with van der Waals surface area (Å²) in [5.74, 6) is -0.786. The lowest BCUT2D eigenvalue weighted by Crippen LogP contribution is -2.58. The number of hydrogen-bond donors (Lipinski definition) is 1. The van der Waals surface area contributed by atoms with Crippen LogP contribution in [0.1, 0.15) is 18.0 Å². The van der Waals surface area contributed by atoms with Gasteiger partial charge < -0.3 is 14.6 Å². The average Bonchev–Trinajstić information content (AvgIpc) is 3.19. The molecule has 0 unspecified atom stereocenters. The van der Waals surface area contributed by atoms with Crippen LogP contribution in [0.2, 0.25) is 0 Å². The number of urea groups is 1. The second-order valence-corrected chi connectivity index (χ2v) is 7.60. The summed E-state index contributed by atoms with van der Waals surface area (Å²) in [7, 11) is 0. The molecule has 0 spiro atoms. The maximum Gasteiger partial charge on any atom is 0.341 e. The standard InChI is InChI=1S/C22H18F2N4O3/c23-15-7-14(8-16(24)9-15)20-5-6-25-28(20)22(30)27-11-18(12-27)31-17-3-1-13-2-4-21(29)26-19(13)10-17/h1-4,6-10,18,20H,5,11-12H2,(H,26,29)/t20-/m0/s1. The average molecular weight is 424 g/mol. The van der Waals surface area contributed by atoms with Crippen molar-refractivity contribution in [1.29, 1.82) is 0 Å². The third-order valence-electron chi connectivity index (χ3n) is 5.41. The third kappa shape index (κ3) is 3.74. The number of ether oxygens (including phenoxy) is 1. The fourth-order valence-electron chi connectivity index (χ4n) is 3.85. The number of pyridine rings is 1. The summed E-state index contributed by atoms with van der Waals surface area (Å²) in [6.07, 6.45) is 1.75. The Labute approximate surface area is 175 Å². The van der Waals surface area contributed by atoms with Gasteiger partial charge in [-0.1, -0.05) is 0 Å². The predicted molar refractivity (Wildman–Crippen MR) is 110 cm³/mol. The van der Waals surface area contributed by atoms with Crippen molar-refractivity contribution < 1.29 is 18.3 Å². The van der Waals surface area contributed by atoms with Gasteiger partial charge in [-0.3, -0.25) is 4.79 Å². The highest BCUT2D eigenvalue weighted by Gasteiger charge is 2.39. The number of hydrazone groups is 1. The number of halogens is 2. The molecule has 3 aromatic rings. The first-order valence-corrected chi connectivity index (χ1v) is 9.82. The number of carbonyl (C=O) groups excluding carboxylic acids is 1. The van der Waals surface area contributed by atoms with Gasteiger partial charge in [-0.25, -0.2) is 18.6 Å². The zero-order valence-corrected chi connectivity index (χ0v) is 16.3. The molecule has 1 fully saturated rings. The summed E-state index contributed by atoms with van der Waals surface area (Å²) >= 11 is 0. The van der Waals surface area contributed by atoms with Crippen molar-refractivity contribution in [2.24, 2.45) is 5.10 Å². The van der Waals surface area contributed by atoms with Gasteiger partial charge in [0, 0.05) is 30.8 Å². The monoisotopic (exact) mass is 424 g/mol. The summed E-state index contributed by atoms with van der Waals surface area (Å²) in [4.78, 5) is 28.7. The Morgan fingerprint density at radius 2 is 1.81 bits per heavy atom. The van der Waals surface area contributed by atoms with E-state index in [0.29, 0.717) is 36.3 Å². The number of likely N-dealkylation sites (tertiary alicyclic amines) is 1. The topological polar surface area (TPSA) is 78.0 Å². The molecule has 1 aromatic heterocycles. The van der Waals surface area contributed by atoms with Crippen LogP contribution in [0.25, 0.3) is 10.9 Å². The summed E-state index contributed by atoms with van der Waals surface area (Å²) in [5.41, 5.74) is 0.847. The van der Waals surface area contributed by atoms with Gasteiger partial charge >= 0.3 is 6.03 Å². The van der Waals surface area contributed by atoms with Crippen LogP contribution in [0.4, 0.5) is 13.6 Å². The first-order valence-electron chi connectivity index (χ1n) is 9.82. The van der Waals surface area contributed by atoms with Gasteiger partial charge in [0.25, 0.3) is 0 Å². The van der Waals surface area contributed by atoms with Crippen LogP contribution in [0.5, 0.6) is 5.75 Å². The van der Waals surface area contributed by atoms with Crippen molar-refractivity contribution >= 4 is 23.1 Å². The Morgan fingerprint density at radius 1 is 1.06 bits per heavy atom. The van der Waals surface area contributed by atoms with Crippen LogP contribution in [0.15, 0.2) is 58.4 Å². The van der Waals surface area contributed by atoms with Gasteiger partial charge in [-0.2, -0.15) is 5.10 Å². The number of benzene rings is 2. The van der Waals surface area contributed by atoms with E-state index in [1.165, 1.54) is 23.2 Å². The minimum absolute atomic E-state index is 0.191. The number of nitrogens with one attached hydrogen (secondary N) is 1. The van der Waals surface area contributed by atoms with E-state index in [9.17, 15) is 18.4 Å². The summed E-state index contributed by atoms with van der Waals surface area (Å²) in [6.45, 7) is 0.719. The van der Waals surface area contributed by atoms with Crippen LogP contribution in [-0.4, -0.2) is 46.3 Å². The van der Waals surface area contributed by atoms with E-state index in [1.54, 1.807) is 23.2 Å². The maximum atomic E-state index is 13.6. The van der Waals surface area contributed by atoms with Crippen LogP contribution in [-0.2, 0) is 0 Å². The second-order valence-electron chi connectivity index (χ2n) is 7.60. The molecule has 0 saturated carbocycles. The van der Waals surface area contributed by atoms with Gasteiger partial charge in [0.1, 0.15) is 23.5 Å². The van der Waals surface area contributed by atoms with E-state index in [0.717, 1.165) is 11.5 Å². The molecule has 2 aromatic carbocycles. The molecule has 158 valence electrons. The highest BCUT2D eigenvalue weighted by atomic mass is 19.1. The Hall–Kier alpha value is -3.75. The van der Waals surface area contributed by atoms with Crippen LogP contribution in [0.3, 0.4) is 0 Å². The Kier molecular flexibility index (Phi) is 4.65. The fraction of sp³-hybridized carbons (Fsp3) is 0.227. The molecule has 0 radical (unpaired) electrons. The predicted octanol–water partition coefficient (Wildman–Crippen LogP) is 3.42. The molecule has 0 aliphatic carbocycles. The van der Waals surface area contributed by atoms with Gasteiger partial charge in [0.15, 0.2) is 0 Å². The number of rotatable bonds is 3. The number of aromatic nitrogens is 1. The molecule has 7 nitrogen and oxygen atoms in total. The molecule has 1 N–H and O–H groups in total. The fourth-order valence-corrected chi connectivity index (χ4v) is 3.85. The molecule has 1 saturated heterocycles. The summed E-state index contributed by atoms with van der Waals surface area (Å²) in [5, 5.41) is 6.25. The Balaban J connectivity index is 1.23. The largest absolute Gasteiger partial charge is 0.487 e. The minimum atomic E-state index is -0.691. The van der Waals surface area contributed by atoms with Crippen LogP contribution in [0, 0.1) is 11.6 Å². The second kappa shape index (κ2) is 7.50. The maximum absolute atomic E-state index is 13.6. The molecule has 2 aliphatic heterocycles. The number of carbonyl (C=O) groups is 1. The number of hydrogen-bond acceptors (Lipinski definition) is 4. The lowest BCUT2D eigenvalue weighted by atomic mass is 10.0. The van der Waals surface area contributed by atoms with Crippen molar-refractivity contribution in [3.8, 4) is 5.75 Å². The lowest BCUT2D eigenvalue weighted by molar-refractivity contribution is 0.0278. The molecule has 5 rings (SSSR count). The first kappa shape index (κ1) is 19.2. The van der Waals surface area contributed by atoms with Gasteiger partial charge in [-0.05, 0) is 41.3 Å². The minimum Gasteiger partial charge on any atom is -0.487 e. The van der Waals surface area contributed by atoms with Crippen molar-refractivity contribution in [2.75, 3.05) is 13.1 Å². The molecule has 2 amide bonds. The zero-order valence-electron chi connectivity index (χ0n) is 16.3. The number of H-pyrrole nitrogens is 1. The first-order chi connectivity index (χ1) is 15.0. The number of aromatic amines is 1. The third-order valence-corrected chi connectivity index (χ3v) is 5.41. The molecular formula is C22H18F2N4O3. The van der Waals surface area contributed by atoms with Crippen LogP contribution >= 0.6 is 0 Å². The Morgan fingerprint density at radius 3 is 2.58 bits per heavy atom. The van der Waals surface area contributed by atoms with Gasteiger partial charge in [-0.15, -0.1) is 0 Å². The number of fused-ring (bicyclic) bond motifs is 1. The van der Waals surface area contributed by atoms with E-state index < -0.39 is 17.7 Å². The SMILES string of the molecule is O=C(N1CC(Oc2ccc3ccc(=O)[nH]c3c2)C1)N1N=CC[C@H]1c1cc(F)cc(F)c1. The van der Waals surface area contributed by atoms with Gasteiger partial charge in [0.05, 0.1) is 24.6 Å². The molecule has 3 heterocycles. The van der Waals surface area contributed by atoms with E-state index in [-0.39, 0.29) is 17.7 Å². The zero-order chi connectivity index (χ0) is 21.5. The quantitative estimate of drug-likeness (QED) is 0.700. The van der Waals surface area contributed by atoms with Gasteiger partial charge in [0.2, 0.25) is 5.56 Å². The van der Waals surface area contributed by atoms with Crippen molar-refractivity contribution in [3.05, 3.63) is 76.1 Å². The number of amides is 2. The van der Waals surface area contributed by atoms with E-state index >= 15 is 0 Å². The number of nitrogens with zero attached hydrogens (tertiary/aromatic N) is 3. The van der Waals surface area contributed by atoms with Crippen molar-refractivity contribution in [3.63, 3.8) is 0 Å². The molecule has 1 atom stereocenters. The van der Waals surface area contributed by atoms with Crippen molar-refractivity contribution in [2.45, 2.75) is 18.6 Å². The Bertz CT molecular complexity index is 1230. The molecular weight excluding hydrogens is 406 g/mol. The summed E-state index contributed by atoms with van der Waals surface area (Å²) < 4.78 is 33.1. The van der Waals surface area contributed by atoms with E-state index in [4.69, 9.17) is 4.74 Å². The molecule has 9 heteroatoms. The normalized spacial score (nSPS) is 18.5.